The van der Waals surface area contributed by atoms with Gasteiger partial charge in [-0.2, -0.15) is 0 Å². The monoisotopic (exact) mass is 234 g/mol. The van der Waals surface area contributed by atoms with Gasteiger partial charge in [-0.25, -0.2) is 0 Å². The van der Waals surface area contributed by atoms with E-state index < -0.39 is 7.12 Å². The second-order valence-corrected chi connectivity index (χ2v) is 4.77. The molecule has 0 bridgehead atoms. The second kappa shape index (κ2) is 5.08. The largest absolute Gasteiger partial charge is 0.488 e. The van der Waals surface area contributed by atoms with Crippen LogP contribution in [0.15, 0.2) is 24.3 Å². The number of hydrogen-bond donors (Lipinski definition) is 2. The van der Waals surface area contributed by atoms with Crippen LogP contribution in [0.1, 0.15) is 6.92 Å². The average Bonchev–Trinajstić information content (AvgIpc) is 2.29. The first-order chi connectivity index (χ1) is 8.08. The lowest BCUT2D eigenvalue weighted by atomic mass is 9.80. The van der Waals surface area contributed by atoms with Gasteiger partial charge in [0.15, 0.2) is 0 Å². The topological polar surface area (TPSA) is 46.9 Å². The summed E-state index contributed by atoms with van der Waals surface area (Å²) in [4.78, 5) is 4.68. The van der Waals surface area contributed by atoms with Crippen LogP contribution < -0.4 is 10.4 Å². The zero-order valence-electron chi connectivity index (χ0n) is 10.4. The lowest BCUT2D eigenvalue weighted by molar-refractivity contribution is 0.275. The summed E-state index contributed by atoms with van der Waals surface area (Å²) in [6.45, 7) is 5.35. The Bertz CT molecular complexity index is 369. The Labute approximate surface area is 103 Å². The van der Waals surface area contributed by atoms with Gasteiger partial charge in [0.2, 0.25) is 0 Å². The highest BCUT2D eigenvalue weighted by molar-refractivity contribution is 6.58. The molecule has 1 fully saturated rings. The highest BCUT2D eigenvalue weighted by Gasteiger charge is 2.21. The molecule has 5 heteroatoms. The molecule has 0 radical (unpaired) electrons. The predicted molar refractivity (Wildman–Crippen MR) is 70.6 cm³/mol. The molecule has 0 spiro atoms. The third-order valence-corrected chi connectivity index (χ3v) is 3.35. The lowest BCUT2D eigenvalue weighted by Crippen LogP contribution is -2.50. The van der Waals surface area contributed by atoms with Crippen LogP contribution in [0.5, 0.6) is 0 Å². The first-order valence-electron chi connectivity index (χ1n) is 5.99. The Balaban J connectivity index is 2.11. The van der Waals surface area contributed by atoms with Gasteiger partial charge in [-0.15, -0.1) is 0 Å². The SMILES string of the molecule is CC1CN(C)CCN1c1ccc(B(O)O)cc1. The van der Waals surface area contributed by atoms with Crippen molar-refractivity contribution in [2.45, 2.75) is 13.0 Å². The fourth-order valence-electron chi connectivity index (χ4n) is 2.36. The second-order valence-electron chi connectivity index (χ2n) is 4.77. The molecular weight excluding hydrogens is 215 g/mol. The molecule has 1 saturated heterocycles. The Morgan fingerprint density at radius 2 is 1.82 bits per heavy atom. The third-order valence-electron chi connectivity index (χ3n) is 3.35. The molecule has 0 aliphatic carbocycles. The molecule has 1 aromatic rings. The highest BCUT2D eigenvalue weighted by atomic mass is 16.4. The van der Waals surface area contributed by atoms with Crippen molar-refractivity contribution >= 4 is 18.3 Å². The van der Waals surface area contributed by atoms with Gasteiger partial charge in [-0.1, -0.05) is 12.1 Å². The van der Waals surface area contributed by atoms with Crippen molar-refractivity contribution in [2.24, 2.45) is 0 Å². The summed E-state index contributed by atoms with van der Waals surface area (Å²) in [7, 11) is 0.757. The number of likely N-dealkylation sites (N-methyl/N-ethyl adjacent to an activating group) is 1. The number of benzene rings is 1. The van der Waals surface area contributed by atoms with Crippen LogP contribution in [-0.2, 0) is 0 Å². The highest BCUT2D eigenvalue weighted by Crippen LogP contribution is 2.18. The van der Waals surface area contributed by atoms with Crippen LogP contribution in [0.4, 0.5) is 5.69 Å². The molecule has 1 heterocycles. The van der Waals surface area contributed by atoms with E-state index in [9.17, 15) is 0 Å². The van der Waals surface area contributed by atoms with Crippen molar-refractivity contribution in [3.63, 3.8) is 0 Å². The van der Waals surface area contributed by atoms with E-state index in [4.69, 9.17) is 10.0 Å². The summed E-state index contributed by atoms with van der Waals surface area (Å²) in [5.74, 6) is 0. The van der Waals surface area contributed by atoms with Gasteiger partial charge >= 0.3 is 7.12 Å². The summed E-state index contributed by atoms with van der Waals surface area (Å²) in [6, 6.07) is 7.93. The van der Waals surface area contributed by atoms with Crippen LogP contribution in [0.25, 0.3) is 0 Å². The molecule has 1 unspecified atom stereocenters. The Morgan fingerprint density at radius 1 is 1.18 bits per heavy atom. The molecular formula is C12H19BN2O2. The summed E-state index contributed by atoms with van der Waals surface area (Å²) >= 11 is 0. The minimum atomic E-state index is -1.38. The van der Waals surface area contributed by atoms with Crippen LogP contribution in [0.2, 0.25) is 0 Å². The predicted octanol–water partition coefficient (Wildman–Crippen LogP) is -0.493. The molecule has 2 rings (SSSR count). The van der Waals surface area contributed by atoms with E-state index in [2.05, 4.69) is 23.8 Å². The maximum atomic E-state index is 9.05. The molecule has 1 atom stereocenters. The maximum Gasteiger partial charge on any atom is 0.488 e. The maximum absolute atomic E-state index is 9.05. The van der Waals surface area contributed by atoms with Gasteiger partial charge in [-0.05, 0) is 31.6 Å². The number of rotatable bonds is 2. The molecule has 92 valence electrons. The molecule has 1 aliphatic rings. The number of piperazine rings is 1. The summed E-state index contributed by atoms with van der Waals surface area (Å²) in [5, 5.41) is 18.1. The molecule has 0 amide bonds. The van der Waals surface area contributed by atoms with Crippen molar-refractivity contribution in [3.05, 3.63) is 24.3 Å². The minimum absolute atomic E-state index is 0.485. The van der Waals surface area contributed by atoms with Crippen molar-refractivity contribution < 1.29 is 10.0 Å². The Kier molecular flexibility index (Phi) is 3.71. The number of anilines is 1. The minimum Gasteiger partial charge on any atom is -0.423 e. The van der Waals surface area contributed by atoms with E-state index in [1.165, 1.54) is 0 Å². The zero-order chi connectivity index (χ0) is 12.4. The number of nitrogens with zero attached hydrogens (tertiary/aromatic N) is 2. The molecule has 1 aromatic carbocycles. The van der Waals surface area contributed by atoms with Gasteiger partial charge in [0.05, 0.1) is 0 Å². The van der Waals surface area contributed by atoms with Gasteiger partial charge in [0.25, 0.3) is 0 Å². The lowest BCUT2D eigenvalue weighted by Gasteiger charge is -2.39. The Hall–Kier alpha value is -1.04. The standard InChI is InChI=1S/C12H19BN2O2/c1-10-9-14(2)7-8-15(10)12-5-3-11(4-6-12)13(16)17/h3-6,10,16-17H,7-9H2,1-2H3. The molecule has 17 heavy (non-hydrogen) atoms. The zero-order valence-corrected chi connectivity index (χ0v) is 10.4. The van der Waals surface area contributed by atoms with E-state index in [0.29, 0.717) is 11.5 Å². The van der Waals surface area contributed by atoms with E-state index in [1.54, 1.807) is 12.1 Å². The third kappa shape index (κ3) is 2.80. The number of hydrogen-bond acceptors (Lipinski definition) is 4. The van der Waals surface area contributed by atoms with Crippen molar-refractivity contribution in [2.75, 3.05) is 31.6 Å². The van der Waals surface area contributed by atoms with Gasteiger partial charge in [0, 0.05) is 31.4 Å². The average molecular weight is 234 g/mol. The van der Waals surface area contributed by atoms with Crippen molar-refractivity contribution in [1.29, 1.82) is 0 Å². The molecule has 2 N–H and O–H groups in total. The molecule has 0 aromatic heterocycles. The van der Waals surface area contributed by atoms with E-state index in [-0.39, 0.29) is 0 Å². The quantitative estimate of drug-likeness (QED) is 0.678. The van der Waals surface area contributed by atoms with Crippen LogP contribution in [0.3, 0.4) is 0 Å². The van der Waals surface area contributed by atoms with Gasteiger partial charge < -0.3 is 19.8 Å². The van der Waals surface area contributed by atoms with E-state index >= 15 is 0 Å². The Morgan fingerprint density at radius 3 is 2.35 bits per heavy atom. The molecule has 4 nitrogen and oxygen atoms in total. The fourth-order valence-corrected chi connectivity index (χ4v) is 2.36. The van der Waals surface area contributed by atoms with E-state index in [0.717, 1.165) is 25.3 Å². The van der Waals surface area contributed by atoms with E-state index in [1.807, 2.05) is 12.1 Å². The molecule has 0 saturated carbocycles. The summed E-state index contributed by atoms with van der Waals surface area (Å²) in [6.07, 6.45) is 0. The van der Waals surface area contributed by atoms with Crippen molar-refractivity contribution in [3.8, 4) is 0 Å². The van der Waals surface area contributed by atoms with Crippen LogP contribution in [0, 0.1) is 0 Å². The fraction of sp³-hybridized carbons (Fsp3) is 0.500. The van der Waals surface area contributed by atoms with Gasteiger partial charge in [0.1, 0.15) is 0 Å². The van der Waals surface area contributed by atoms with Crippen LogP contribution >= 0.6 is 0 Å². The normalized spacial score (nSPS) is 21.6. The van der Waals surface area contributed by atoms with Crippen LogP contribution in [-0.4, -0.2) is 54.8 Å². The molecule has 1 aliphatic heterocycles. The summed E-state index contributed by atoms with van der Waals surface area (Å²) < 4.78 is 0. The first kappa shape index (κ1) is 12.4. The summed E-state index contributed by atoms with van der Waals surface area (Å²) in [5.41, 5.74) is 1.69. The first-order valence-corrected chi connectivity index (χ1v) is 5.99. The van der Waals surface area contributed by atoms with Crippen molar-refractivity contribution in [1.82, 2.24) is 4.90 Å². The smallest absolute Gasteiger partial charge is 0.423 e. The van der Waals surface area contributed by atoms with Gasteiger partial charge in [-0.3, -0.25) is 0 Å².